The summed E-state index contributed by atoms with van der Waals surface area (Å²) in [5.41, 5.74) is 6.99. The highest BCUT2D eigenvalue weighted by atomic mass is 35.5. The van der Waals surface area contributed by atoms with Gasteiger partial charge in [-0.2, -0.15) is 5.26 Å². The Kier molecular flexibility index (Phi) is 6.71. The van der Waals surface area contributed by atoms with E-state index >= 15 is 0 Å². The zero-order valence-corrected chi connectivity index (χ0v) is 19.0. The van der Waals surface area contributed by atoms with Gasteiger partial charge in [-0.1, -0.05) is 23.4 Å². The number of fused-ring (bicyclic) bond motifs is 1. The molecule has 0 spiro atoms. The average Bonchev–Trinajstić information content (AvgIpc) is 3.01. The van der Waals surface area contributed by atoms with Crippen LogP contribution < -0.4 is 11.3 Å². The molecular weight excluding hydrogens is 444 g/mol. The lowest BCUT2D eigenvalue weighted by atomic mass is 10.2. The molecule has 3 aromatic rings. The number of anilines is 1. The minimum absolute atomic E-state index is 0.139. The number of thiophene rings is 1. The number of carbonyl (C=O) groups excluding carboxylic acids is 1. The van der Waals surface area contributed by atoms with Gasteiger partial charge < -0.3 is 10.5 Å². The smallest absolute Gasteiger partial charge is 0.348 e. The van der Waals surface area contributed by atoms with Crippen molar-refractivity contribution in [2.45, 2.75) is 37.7 Å². The molecule has 0 aliphatic carbocycles. The predicted molar refractivity (Wildman–Crippen MR) is 120 cm³/mol. The van der Waals surface area contributed by atoms with Gasteiger partial charge in [-0.15, -0.1) is 11.3 Å². The summed E-state index contributed by atoms with van der Waals surface area (Å²) < 4.78 is 6.69. The summed E-state index contributed by atoms with van der Waals surface area (Å²) in [6.45, 7) is 5.70. The van der Waals surface area contributed by atoms with Gasteiger partial charge in [0.15, 0.2) is 5.16 Å². The Morgan fingerprint density at radius 1 is 1.47 bits per heavy atom. The minimum atomic E-state index is -0.522. The third kappa shape index (κ3) is 4.17. The summed E-state index contributed by atoms with van der Waals surface area (Å²) >= 11 is 8.36. The number of hydrogen-bond acceptors (Lipinski definition) is 8. The van der Waals surface area contributed by atoms with E-state index < -0.39 is 5.97 Å². The first kappa shape index (κ1) is 22.2. The summed E-state index contributed by atoms with van der Waals surface area (Å²) in [5.74, 6) is -0.290. The van der Waals surface area contributed by atoms with Crippen molar-refractivity contribution in [1.82, 2.24) is 9.55 Å². The molecule has 156 valence electrons. The number of benzene rings is 1. The standard InChI is InChI=1S/C20H19ClN4O3S2/c1-4-28-19(27)16-14(13(8-22)17(23)30-16)9-29-20-24-15-7-11(21)5-6-12(15)18(26)25(20)10(2)3/h5-7,10H,4,9,23H2,1-3H3. The first-order chi connectivity index (χ1) is 14.3. The molecule has 0 aliphatic heterocycles. The van der Waals surface area contributed by atoms with Gasteiger partial charge in [0.25, 0.3) is 5.56 Å². The van der Waals surface area contributed by atoms with E-state index in [1.54, 1.807) is 29.7 Å². The summed E-state index contributed by atoms with van der Waals surface area (Å²) in [6, 6.07) is 6.88. The summed E-state index contributed by atoms with van der Waals surface area (Å²) in [4.78, 5) is 30.3. The number of nitrogens with zero attached hydrogens (tertiary/aromatic N) is 3. The van der Waals surface area contributed by atoms with E-state index in [4.69, 9.17) is 22.1 Å². The van der Waals surface area contributed by atoms with E-state index in [1.165, 1.54) is 11.8 Å². The van der Waals surface area contributed by atoms with Crippen LogP contribution in [0.1, 0.15) is 47.6 Å². The Bertz CT molecular complexity index is 1230. The molecular formula is C20H19ClN4O3S2. The molecule has 0 saturated heterocycles. The molecule has 7 nitrogen and oxygen atoms in total. The largest absolute Gasteiger partial charge is 0.462 e. The van der Waals surface area contributed by atoms with E-state index in [1.807, 2.05) is 13.8 Å². The molecule has 0 amide bonds. The molecule has 0 saturated carbocycles. The number of nitriles is 1. The fourth-order valence-electron chi connectivity index (χ4n) is 2.95. The maximum Gasteiger partial charge on any atom is 0.348 e. The molecule has 2 N–H and O–H groups in total. The SMILES string of the molecule is CCOC(=O)c1sc(N)c(C#N)c1CSc1nc2cc(Cl)ccc2c(=O)n1C(C)C. The van der Waals surface area contributed by atoms with Gasteiger partial charge in [-0.25, -0.2) is 9.78 Å². The molecule has 0 aliphatic rings. The van der Waals surface area contributed by atoms with Crippen molar-refractivity contribution in [3.8, 4) is 6.07 Å². The zero-order chi connectivity index (χ0) is 22.0. The van der Waals surface area contributed by atoms with Crippen molar-refractivity contribution in [2.75, 3.05) is 12.3 Å². The van der Waals surface area contributed by atoms with Gasteiger partial charge in [0, 0.05) is 22.4 Å². The molecule has 0 fully saturated rings. The van der Waals surface area contributed by atoms with E-state index in [-0.39, 0.29) is 34.5 Å². The second-order valence-electron chi connectivity index (χ2n) is 6.59. The van der Waals surface area contributed by atoms with Crippen molar-refractivity contribution < 1.29 is 9.53 Å². The zero-order valence-electron chi connectivity index (χ0n) is 16.6. The van der Waals surface area contributed by atoms with Crippen molar-refractivity contribution >= 4 is 56.6 Å². The highest BCUT2D eigenvalue weighted by Crippen LogP contribution is 2.35. The van der Waals surface area contributed by atoms with E-state index in [9.17, 15) is 14.9 Å². The van der Waals surface area contributed by atoms with Crippen molar-refractivity contribution in [3.05, 3.63) is 49.6 Å². The quantitative estimate of drug-likeness (QED) is 0.323. The van der Waals surface area contributed by atoms with Crippen LogP contribution in [0.3, 0.4) is 0 Å². The fourth-order valence-corrected chi connectivity index (χ4v) is 5.30. The average molecular weight is 463 g/mol. The number of rotatable bonds is 6. The molecule has 0 atom stereocenters. The van der Waals surface area contributed by atoms with Crippen molar-refractivity contribution in [2.24, 2.45) is 0 Å². The number of thioether (sulfide) groups is 1. The highest BCUT2D eigenvalue weighted by Gasteiger charge is 2.24. The topological polar surface area (TPSA) is 111 Å². The molecule has 30 heavy (non-hydrogen) atoms. The van der Waals surface area contributed by atoms with Crippen LogP contribution in [0.25, 0.3) is 10.9 Å². The third-order valence-corrected chi connectivity index (χ3v) is 6.56. The molecule has 0 unspecified atom stereocenters. The lowest BCUT2D eigenvalue weighted by Crippen LogP contribution is -2.25. The summed E-state index contributed by atoms with van der Waals surface area (Å²) in [5, 5.41) is 11.2. The summed E-state index contributed by atoms with van der Waals surface area (Å²) in [6.07, 6.45) is 0. The minimum Gasteiger partial charge on any atom is -0.462 e. The van der Waals surface area contributed by atoms with E-state index in [2.05, 4.69) is 11.1 Å². The molecule has 3 rings (SSSR count). The van der Waals surface area contributed by atoms with Gasteiger partial charge in [-0.05, 0) is 39.0 Å². The Morgan fingerprint density at radius 3 is 2.83 bits per heavy atom. The number of ether oxygens (including phenoxy) is 1. The Balaban J connectivity index is 2.08. The van der Waals surface area contributed by atoms with Crippen molar-refractivity contribution in [1.29, 1.82) is 5.26 Å². The van der Waals surface area contributed by atoms with Crippen molar-refractivity contribution in [3.63, 3.8) is 0 Å². The molecule has 0 radical (unpaired) electrons. The van der Waals surface area contributed by atoms with Gasteiger partial charge in [-0.3, -0.25) is 9.36 Å². The molecule has 0 bridgehead atoms. The maximum atomic E-state index is 13.0. The number of nitrogens with two attached hydrogens (primary N) is 1. The van der Waals surface area contributed by atoms with E-state index in [0.717, 1.165) is 11.3 Å². The van der Waals surface area contributed by atoms with Crippen LogP contribution in [0, 0.1) is 11.3 Å². The number of nitrogen functional groups attached to an aromatic ring is 1. The number of carbonyl (C=O) groups is 1. The van der Waals surface area contributed by atoms with Crippen LogP contribution in [0.4, 0.5) is 5.00 Å². The van der Waals surface area contributed by atoms with Crippen LogP contribution in [0.5, 0.6) is 0 Å². The normalized spacial score (nSPS) is 11.1. The molecule has 1 aromatic carbocycles. The third-order valence-electron chi connectivity index (χ3n) is 4.30. The first-order valence-corrected chi connectivity index (χ1v) is 11.3. The summed E-state index contributed by atoms with van der Waals surface area (Å²) in [7, 11) is 0. The fraction of sp³-hybridized carbons (Fsp3) is 0.300. The number of aromatic nitrogens is 2. The molecule has 2 aromatic heterocycles. The van der Waals surface area contributed by atoms with E-state index in [0.29, 0.717) is 31.5 Å². The second-order valence-corrected chi connectivity index (χ2v) is 9.03. The van der Waals surface area contributed by atoms with Gasteiger partial charge >= 0.3 is 5.97 Å². The van der Waals surface area contributed by atoms with Gasteiger partial charge in [0.2, 0.25) is 0 Å². The Morgan fingerprint density at radius 2 is 2.20 bits per heavy atom. The van der Waals surface area contributed by atoms with Crippen LogP contribution >= 0.6 is 34.7 Å². The lowest BCUT2D eigenvalue weighted by Gasteiger charge is -2.16. The Labute approximate surface area is 186 Å². The monoisotopic (exact) mass is 462 g/mol. The highest BCUT2D eigenvalue weighted by molar-refractivity contribution is 7.98. The predicted octanol–water partition coefficient (Wildman–Crippen LogP) is 4.62. The lowest BCUT2D eigenvalue weighted by molar-refractivity contribution is 0.0531. The molecule has 10 heteroatoms. The second kappa shape index (κ2) is 9.08. The van der Waals surface area contributed by atoms with Crippen LogP contribution in [-0.4, -0.2) is 22.1 Å². The number of esters is 1. The molecule has 2 heterocycles. The Hall–Kier alpha value is -2.54. The van der Waals surface area contributed by atoms with Crippen LogP contribution in [0.2, 0.25) is 5.02 Å². The van der Waals surface area contributed by atoms with Crippen LogP contribution in [0.15, 0.2) is 28.2 Å². The number of hydrogen-bond donors (Lipinski definition) is 1. The first-order valence-electron chi connectivity index (χ1n) is 9.11. The van der Waals surface area contributed by atoms with Gasteiger partial charge in [0.05, 0.1) is 23.1 Å². The number of halogens is 1. The van der Waals surface area contributed by atoms with Gasteiger partial charge in [0.1, 0.15) is 15.9 Å². The van der Waals surface area contributed by atoms with Crippen LogP contribution in [-0.2, 0) is 10.5 Å². The maximum absolute atomic E-state index is 13.0.